The number of nitro benzene ring substituents is 1. The van der Waals surface area contributed by atoms with Crippen molar-refractivity contribution in [2.45, 2.75) is 17.9 Å². The summed E-state index contributed by atoms with van der Waals surface area (Å²) in [6.45, 7) is 2.75. The number of hydrogen-bond acceptors (Lipinski definition) is 8. The first-order valence-corrected chi connectivity index (χ1v) is 11.1. The second-order valence-corrected chi connectivity index (χ2v) is 8.83. The van der Waals surface area contributed by atoms with E-state index in [1.54, 1.807) is 25.3 Å². The van der Waals surface area contributed by atoms with E-state index in [0.717, 1.165) is 11.6 Å². The smallest absolute Gasteiger partial charge is 0.270 e. The lowest BCUT2D eigenvalue weighted by atomic mass is 10.1. The van der Waals surface area contributed by atoms with Crippen molar-refractivity contribution < 1.29 is 27.6 Å². The van der Waals surface area contributed by atoms with E-state index in [4.69, 9.17) is 14.2 Å². The van der Waals surface area contributed by atoms with Crippen LogP contribution in [0, 0.1) is 10.1 Å². The summed E-state index contributed by atoms with van der Waals surface area (Å²) in [5.41, 5.74) is 0.702. The second kappa shape index (κ2) is 9.50. The van der Waals surface area contributed by atoms with Crippen LogP contribution in [0.15, 0.2) is 41.3 Å². The zero-order valence-corrected chi connectivity index (χ0v) is 18.3. The van der Waals surface area contributed by atoms with Crippen LogP contribution in [0.4, 0.5) is 11.4 Å². The molecule has 2 aromatic rings. The van der Waals surface area contributed by atoms with Gasteiger partial charge in [0.1, 0.15) is 16.4 Å². The SMILES string of the molecule is COc1ccc(OC)c(C(C)Nc2ccc([N+](=O)[O-])cc2S(=O)(=O)N2CCOCC2)c1. The van der Waals surface area contributed by atoms with Crippen LogP contribution in [0.25, 0.3) is 0 Å². The average molecular weight is 452 g/mol. The van der Waals surface area contributed by atoms with E-state index in [0.29, 0.717) is 11.5 Å². The Morgan fingerprint density at radius 1 is 1.13 bits per heavy atom. The van der Waals surface area contributed by atoms with Crippen molar-refractivity contribution in [2.75, 3.05) is 45.8 Å². The van der Waals surface area contributed by atoms with Gasteiger partial charge in [-0.05, 0) is 31.2 Å². The molecule has 1 saturated heterocycles. The van der Waals surface area contributed by atoms with Gasteiger partial charge in [-0.2, -0.15) is 4.31 Å². The molecule has 0 bridgehead atoms. The summed E-state index contributed by atoms with van der Waals surface area (Å²) in [7, 11) is -0.886. The Morgan fingerprint density at radius 3 is 2.45 bits per heavy atom. The number of anilines is 1. The van der Waals surface area contributed by atoms with Gasteiger partial charge < -0.3 is 19.5 Å². The van der Waals surface area contributed by atoms with E-state index >= 15 is 0 Å². The molecular weight excluding hydrogens is 426 g/mol. The summed E-state index contributed by atoms with van der Waals surface area (Å²) in [4.78, 5) is 10.5. The van der Waals surface area contributed by atoms with Crippen LogP contribution in [-0.4, -0.2) is 58.2 Å². The van der Waals surface area contributed by atoms with Crippen LogP contribution < -0.4 is 14.8 Å². The molecule has 1 N–H and O–H groups in total. The van der Waals surface area contributed by atoms with Gasteiger partial charge in [0.2, 0.25) is 10.0 Å². The minimum atomic E-state index is -3.97. The van der Waals surface area contributed by atoms with Gasteiger partial charge in [-0.3, -0.25) is 10.1 Å². The quantitative estimate of drug-likeness (QED) is 0.481. The first-order valence-electron chi connectivity index (χ1n) is 9.62. The summed E-state index contributed by atoms with van der Waals surface area (Å²) in [5, 5.41) is 14.5. The molecule has 0 spiro atoms. The molecule has 1 aliphatic heterocycles. The molecule has 1 atom stereocenters. The van der Waals surface area contributed by atoms with Gasteiger partial charge >= 0.3 is 0 Å². The Morgan fingerprint density at radius 2 is 1.84 bits per heavy atom. The van der Waals surface area contributed by atoms with Gasteiger partial charge in [-0.1, -0.05) is 0 Å². The molecule has 1 aliphatic rings. The average Bonchev–Trinajstić information content (AvgIpc) is 2.79. The number of nitrogens with one attached hydrogen (secondary N) is 1. The van der Waals surface area contributed by atoms with Gasteiger partial charge in [-0.25, -0.2) is 8.42 Å². The maximum absolute atomic E-state index is 13.3. The summed E-state index contributed by atoms with van der Waals surface area (Å²) in [5.74, 6) is 1.22. The lowest BCUT2D eigenvalue weighted by Crippen LogP contribution is -2.40. The molecule has 0 amide bonds. The third kappa shape index (κ3) is 4.89. The standard InChI is InChI=1S/C20H25N3O7S/c1-14(17-13-16(28-2)5-7-19(17)29-3)21-18-6-4-15(23(24)25)12-20(18)31(26,27)22-8-10-30-11-9-22/h4-7,12-14,21H,8-11H2,1-3H3. The Hall–Kier alpha value is -2.89. The Labute approximate surface area is 180 Å². The third-order valence-electron chi connectivity index (χ3n) is 5.04. The molecule has 3 rings (SSSR count). The normalized spacial score (nSPS) is 15.8. The molecule has 0 aliphatic carbocycles. The zero-order valence-electron chi connectivity index (χ0n) is 17.5. The fourth-order valence-corrected chi connectivity index (χ4v) is 4.95. The Kier molecular flexibility index (Phi) is 6.98. The van der Waals surface area contributed by atoms with Crippen molar-refractivity contribution >= 4 is 21.4 Å². The van der Waals surface area contributed by atoms with E-state index in [1.165, 1.54) is 23.5 Å². The highest BCUT2D eigenvalue weighted by Gasteiger charge is 2.31. The summed E-state index contributed by atoms with van der Waals surface area (Å²) in [6.07, 6.45) is 0. The minimum Gasteiger partial charge on any atom is -0.497 e. The maximum Gasteiger partial charge on any atom is 0.270 e. The number of sulfonamides is 1. The maximum atomic E-state index is 13.3. The fraction of sp³-hybridized carbons (Fsp3) is 0.400. The molecule has 1 heterocycles. The number of non-ortho nitro benzene ring substituents is 1. The van der Waals surface area contributed by atoms with Gasteiger partial charge in [0.05, 0.1) is 44.1 Å². The van der Waals surface area contributed by atoms with Crippen molar-refractivity contribution in [2.24, 2.45) is 0 Å². The lowest BCUT2D eigenvalue weighted by molar-refractivity contribution is -0.385. The first kappa shape index (κ1) is 22.8. The van der Waals surface area contributed by atoms with E-state index in [9.17, 15) is 18.5 Å². The molecule has 10 nitrogen and oxygen atoms in total. The molecular formula is C20H25N3O7S. The molecule has 0 radical (unpaired) electrons. The molecule has 2 aromatic carbocycles. The molecule has 0 aromatic heterocycles. The Bertz CT molecular complexity index is 1050. The van der Waals surface area contributed by atoms with Gasteiger partial charge in [0, 0.05) is 30.8 Å². The first-order chi connectivity index (χ1) is 14.8. The molecule has 1 fully saturated rings. The molecule has 31 heavy (non-hydrogen) atoms. The molecule has 168 valence electrons. The highest BCUT2D eigenvalue weighted by molar-refractivity contribution is 7.89. The van der Waals surface area contributed by atoms with E-state index in [-0.39, 0.29) is 48.6 Å². The topological polar surface area (TPSA) is 120 Å². The highest BCUT2D eigenvalue weighted by atomic mass is 32.2. The fourth-order valence-electron chi connectivity index (χ4n) is 3.37. The number of ether oxygens (including phenoxy) is 3. The van der Waals surface area contributed by atoms with Crippen molar-refractivity contribution in [3.05, 3.63) is 52.1 Å². The number of morpholine rings is 1. The number of nitrogens with zero attached hydrogens (tertiary/aromatic N) is 2. The van der Waals surface area contributed by atoms with E-state index in [1.807, 2.05) is 6.92 Å². The summed E-state index contributed by atoms with van der Waals surface area (Å²) in [6, 6.07) is 8.69. The summed E-state index contributed by atoms with van der Waals surface area (Å²) >= 11 is 0. The van der Waals surface area contributed by atoms with Crippen molar-refractivity contribution in [1.82, 2.24) is 4.31 Å². The minimum absolute atomic E-state index is 0.155. The zero-order chi connectivity index (χ0) is 22.6. The number of methoxy groups -OCH3 is 2. The molecule has 1 unspecified atom stereocenters. The number of rotatable bonds is 8. The largest absolute Gasteiger partial charge is 0.497 e. The van der Waals surface area contributed by atoms with Crippen molar-refractivity contribution in [3.8, 4) is 11.5 Å². The highest BCUT2D eigenvalue weighted by Crippen LogP contribution is 2.35. The van der Waals surface area contributed by atoms with Crippen LogP contribution in [0.3, 0.4) is 0 Å². The molecule has 11 heteroatoms. The van der Waals surface area contributed by atoms with Crippen LogP contribution in [0.5, 0.6) is 11.5 Å². The predicted molar refractivity (Wildman–Crippen MR) is 114 cm³/mol. The lowest BCUT2D eigenvalue weighted by Gasteiger charge is -2.27. The van der Waals surface area contributed by atoms with Crippen LogP contribution >= 0.6 is 0 Å². The van der Waals surface area contributed by atoms with Crippen molar-refractivity contribution in [3.63, 3.8) is 0 Å². The molecule has 0 saturated carbocycles. The number of benzene rings is 2. The van der Waals surface area contributed by atoms with Crippen LogP contribution in [0.2, 0.25) is 0 Å². The van der Waals surface area contributed by atoms with Crippen molar-refractivity contribution in [1.29, 1.82) is 0 Å². The van der Waals surface area contributed by atoms with E-state index < -0.39 is 14.9 Å². The van der Waals surface area contributed by atoms with Crippen LogP contribution in [-0.2, 0) is 14.8 Å². The predicted octanol–water partition coefficient (Wildman–Crippen LogP) is 2.81. The van der Waals surface area contributed by atoms with Crippen LogP contribution in [0.1, 0.15) is 18.5 Å². The monoisotopic (exact) mass is 451 g/mol. The second-order valence-electron chi connectivity index (χ2n) is 6.93. The number of nitro groups is 1. The van der Waals surface area contributed by atoms with Gasteiger partial charge in [-0.15, -0.1) is 0 Å². The van der Waals surface area contributed by atoms with Gasteiger partial charge in [0.25, 0.3) is 5.69 Å². The third-order valence-corrected chi connectivity index (χ3v) is 6.98. The van der Waals surface area contributed by atoms with Gasteiger partial charge in [0.15, 0.2) is 0 Å². The summed E-state index contributed by atoms with van der Waals surface area (Å²) < 4.78 is 43.8. The number of hydrogen-bond donors (Lipinski definition) is 1. The Balaban J connectivity index is 2.02. The van der Waals surface area contributed by atoms with E-state index in [2.05, 4.69) is 5.32 Å².